The lowest BCUT2D eigenvalue weighted by molar-refractivity contribution is -0.118. The fourth-order valence-electron chi connectivity index (χ4n) is 2.78. The Bertz CT molecular complexity index is 987. The Morgan fingerprint density at radius 3 is 2.71 bits per heavy atom. The van der Waals surface area contributed by atoms with Crippen LogP contribution in [0.5, 0.6) is 0 Å². The number of H-pyrrole nitrogens is 1. The first-order chi connectivity index (χ1) is 13.2. The van der Waals surface area contributed by atoms with E-state index in [1.54, 1.807) is 20.8 Å². The van der Waals surface area contributed by atoms with E-state index >= 15 is 0 Å². The van der Waals surface area contributed by atoms with Crippen molar-refractivity contribution in [1.82, 2.24) is 15.3 Å². The Labute approximate surface area is 167 Å². The lowest BCUT2D eigenvalue weighted by atomic mass is 10.0. The first kappa shape index (κ1) is 19.9. The zero-order chi connectivity index (χ0) is 20.3. The molecule has 0 saturated carbocycles. The summed E-state index contributed by atoms with van der Waals surface area (Å²) in [6, 6.07) is 7.02. The number of aromatic nitrogens is 2. The van der Waals surface area contributed by atoms with Crippen molar-refractivity contribution in [3.63, 3.8) is 0 Å². The molecule has 0 aliphatic rings. The summed E-state index contributed by atoms with van der Waals surface area (Å²) < 4.78 is 5.33. The molecule has 28 heavy (non-hydrogen) atoms. The highest BCUT2D eigenvalue weighted by molar-refractivity contribution is 7.13. The van der Waals surface area contributed by atoms with Crippen LogP contribution in [0.2, 0.25) is 0 Å². The van der Waals surface area contributed by atoms with E-state index in [9.17, 15) is 9.59 Å². The molecule has 148 valence electrons. The zero-order valence-corrected chi connectivity index (χ0v) is 17.1. The molecular weight excluding hydrogens is 376 g/mol. The highest BCUT2D eigenvalue weighted by atomic mass is 32.1. The summed E-state index contributed by atoms with van der Waals surface area (Å²) in [6.07, 6.45) is 1.54. The van der Waals surface area contributed by atoms with Gasteiger partial charge < -0.3 is 20.4 Å². The number of carbonyl (C=O) groups excluding carboxylic acids is 2. The fraction of sp³-hybridized carbons (Fsp3) is 0.350. The summed E-state index contributed by atoms with van der Waals surface area (Å²) in [5.74, 6) is -0.342. The molecule has 0 aliphatic carbocycles. The predicted molar refractivity (Wildman–Crippen MR) is 111 cm³/mol. The average molecular weight is 401 g/mol. The minimum atomic E-state index is -0.807. The van der Waals surface area contributed by atoms with Gasteiger partial charge in [-0.2, -0.15) is 0 Å². The third-order valence-electron chi connectivity index (χ3n) is 3.96. The molecule has 7 nitrogen and oxygen atoms in total. The van der Waals surface area contributed by atoms with E-state index in [0.29, 0.717) is 11.6 Å². The van der Waals surface area contributed by atoms with Crippen LogP contribution >= 0.6 is 11.3 Å². The fourth-order valence-corrected chi connectivity index (χ4v) is 3.47. The maximum atomic E-state index is 12.9. The molecule has 2 heterocycles. The standard InChI is InChI=1S/C20H24N4O3S/c1-12-11-28-18(22-12)24-17(25)16(23-19(26)27-20(2,3)4)9-13-10-21-15-8-6-5-7-14(13)15/h5-8,10-11,16,21H,9H2,1-4H3,(H,23,26)(H,22,24,25)/t16-/m1/s1. The van der Waals surface area contributed by atoms with Gasteiger partial charge in [0.1, 0.15) is 11.6 Å². The largest absolute Gasteiger partial charge is 0.444 e. The maximum absolute atomic E-state index is 12.9. The number of alkyl carbamates (subject to hydrolysis) is 1. The van der Waals surface area contributed by atoms with Gasteiger partial charge in [0.2, 0.25) is 5.91 Å². The summed E-state index contributed by atoms with van der Waals surface area (Å²) in [7, 11) is 0. The van der Waals surface area contributed by atoms with Gasteiger partial charge in [-0.25, -0.2) is 9.78 Å². The van der Waals surface area contributed by atoms with Crippen molar-refractivity contribution in [3.05, 3.63) is 47.1 Å². The molecule has 3 aromatic rings. The lowest BCUT2D eigenvalue weighted by Gasteiger charge is -2.23. The number of ether oxygens (including phenoxy) is 1. The van der Waals surface area contributed by atoms with Gasteiger partial charge in [0.05, 0.1) is 5.69 Å². The number of carbonyl (C=O) groups is 2. The molecule has 0 unspecified atom stereocenters. The van der Waals surface area contributed by atoms with Gasteiger partial charge in [0.25, 0.3) is 0 Å². The second kappa shape index (κ2) is 8.02. The number of aryl methyl sites for hydroxylation is 1. The van der Waals surface area contributed by atoms with Crippen LogP contribution in [-0.2, 0) is 16.0 Å². The summed E-state index contributed by atoms with van der Waals surface area (Å²) in [5.41, 5.74) is 2.08. The zero-order valence-electron chi connectivity index (χ0n) is 16.3. The van der Waals surface area contributed by atoms with E-state index in [4.69, 9.17) is 4.74 Å². The molecule has 3 rings (SSSR count). The molecule has 3 N–H and O–H groups in total. The number of amides is 2. The van der Waals surface area contributed by atoms with Crippen LogP contribution in [0.4, 0.5) is 9.93 Å². The van der Waals surface area contributed by atoms with E-state index in [-0.39, 0.29) is 5.91 Å². The molecular formula is C20H24N4O3S. The minimum absolute atomic E-state index is 0.319. The minimum Gasteiger partial charge on any atom is -0.444 e. The molecule has 0 spiro atoms. The molecule has 0 fully saturated rings. The normalized spacial score (nSPS) is 12.6. The second-order valence-electron chi connectivity index (χ2n) is 7.55. The molecule has 2 aromatic heterocycles. The number of hydrogen-bond donors (Lipinski definition) is 3. The second-order valence-corrected chi connectivity index (χ2v) is 8.40. The number of nitrogens with zero attached hydrogens (tertiary/aromatic N) is 1. The predicted octanol–water partition coefficient (Wildman–Crippen LogP) is 4.01. The van der Waals surface area contributed by atoms with Crippen molar-refractivity contribution in [1.29, 1.82) is 0 Å². The number of para-hydroxylation sites is 1. The SMILES string of the molecule is Cc1csc(NC(=O)[C@@H](Cc2c[nH]c3ccccc23)NC(=O)OC(C)(C)C)n1. The average Bonchev–Trinajstić information content (AvgIpc) is 3.19. The highest BCUT2D eigenvalue weighted by Gasteiger charge is 2.26. The number of rotatable bonds is 5. The van der Waals surface area contributed by atoms with E-state index in [2.05, 4.69) is 20.6 Å². The lowest BCUT2D eigenvalue weighted by Crippen LogP contribution is -2.47. The van der Waals surface area contributed by atoms with Gasteiger partial charge in [-0.1, -0.05) is 18.2 Å². The number of benzene rings is 1. The third kappa shape index (κ3) is 5.10. The number of anilines is 1. The topological polar surface area (TPSA) is 96.1 Å². The van der Waals surface area contributed by atoms with Crippen molar-refractivity contribution in [3.8, 4) is 0 Å². The van der Waals surface area contributed by atoms with Crippen LogP contribution in [0.3, 0.4) is 0 Å². The van der Waals surface area contributed by atoms with Crippen LogP contribution < -0.4 is 10.6 Å². The van der Waals surface area contributed by atoms with E-state index in [0.717, 1.165) is 22.2 Å². The van der Waals surface area contributed by atoms with E-state index in [1.807, 2.05) is 42.8 Å². The van der Waals surface area contributed by atoms with E-state index in [1.165, 1.54) is 11.3 Å². The van der Waals surface area contributed by atoms with Crippen LogP contribution in [0, 0.1) is 6.92 Å². The van der Waals surface area contributed by atoms with Crippen molar-refractivity contribution in [2.24, 2.45) is 0 Å². The molecule has 8 heteroatoms. The van der Waals surface area contributed by atoms with Crippen molar-refractivity contribution in [2.45, 2.75) is 45.8 Å². The van der Waals surface area contributed by atoms with Crippen molar-refractivity contribution >= 4 is 39.4 Å². The molecule has 2 amide bonds. The molecule has 0 saturated heterocycles. The Kier molecular flexibility index (Phi) is 5.69. The summed E-state index contributed by atoms with van der Waals surface area (Å²) in [6.45, 7) is 7.19. The number of aromatic amines is 1. The van der Waals surface area contributed by atoms with Crippen molar-refractivity contribution < 1.29 is 14.3 Å². The molecule has 0 radical (unpaired) electrons. The molecule has 1 atom stereocenters. The smallest absolute Gasteiger partial charge is 0.408 e. The monoisotopic (exact) mass is 400 g/mol. The summed E-state index contributed by atoms with van der Waals surface area (Å²) in [5, 5.41) is 8.83. The Morgan fingerprint density at radius 1 is 1.29 bits per heavy atom. The van der Waals surface area contributed by atoms with Gasteiger partial charge in [-0.15, -0.1) is 11.3 Å². The quantitative estimate of drug-likeness (QED) is 0.603. The molecule has 0 bridgehead atoms. The van der Waals surface area contributed by atoms with Crippen LogP contribution in [0.15, 0.2) is 35.8 Å². The van der Waals surface area contributed by atoms with Crippen LogP contribution in [-0.4, -0.2) is 33.6 Å². The molecule has 0 aliphatic heterocycles. The number of nitrogens with one attached hydrogen (secondary N) is 3. The Morgan fingerprint density at radius 2 is 2.04 bits per heavy atom. The third-order valence-corrected chi connectivity index (χ3v) is 4.83. The van der Waals surface area contributed by atoms with Gasteiger partial charge >= 0.3 is 6.09 Å². The highest BCUT2D eigenvalue weighted by Crippen LogP contribution is 2.20. The Hall–Kier alpha value is -2.87. The summed E-state index contributed by atoms with van der Waals surface area (Å²) in [4.78, 5) is 32.6. The van der Waals surface area contributed by atoms with Gasteiger partial charge in [0, 0.05) is 28.9 Å². The van der Waals surface area contributed by atoms with Gasteiger partial charge in [-0.3, -0.25) is 4.79 Å². The first-order valence-electron chi connectivity index (χ1n) is 8.99. The van der Waals surface area contributed by atoms with E-state index < -0.39 is 17.7 Å². The van der Waals surface area contributed by atoms with Crippen molar-refractivity contribution in [2.75, 3.05) is 5.32 Å². The number of thiazole rings is 1. The van der Waals surface area contributed by atoms with Gasteiger partial charge in [-0.05, 0) is 39.3 Å². The van der Waals surface area contributed by atoms with Gasteiger partial charge in [0.15, 0.2) is 5.13 Å². The summed E-state index contributed by atoms with van der Waals surface area (Å²) >= 11 is 1.34. The van der Waals surface area contributed by atoms with Crippen LogP contribution in [0.1, 0.15) is 32.0 Å². The maximum Gasteiger partial charge on any atom is 0.408 e. The number of fused-ring (bicyclic) bond motifs is 1. The van der Waals surface area contributed by atoms with Crippen LogP contribution in [0.25, 0.3) is 10.9 Å². The Balaban J connectivity index is 1.80. The molecule has 1 aromatic carbocycles. The number of hydrogen-bond acceptors (Lipinski definition) is 5. The first-order valence-corrected chi connectivity index (χ1v) is 9.87.